The zero-order valence-electron chi connectivity index (χ0n) is 17.0. The van der Waals surface area contributed by atoms with Crippen molar-refractivity contribution in [1.82, 2.24) is 9.80 Å². The smallest absolute Gasteiger partial charge is 0.243 e. The second kappa shape index (κ2) is 9.89. The number of hydrogen-bond acceptors (Lipinski definition) is 5. The Bertz CT molecular complexity index is 658. The van der Waals surface area contributed by atoms with Crippen molar-refractivity contribution in [1.29, 1.82) is 0 Å². The van der Waals surface area contributed by atoms with E-state index in [9.17, 15) is 9.59 Å². The summed E-state index contributed by atoms with van der Waals surface area (Å²) >= 11 is 0. The van der Waals surface area contributed by atoms with Gasteiger partial charge < -0.3 is 19.9 Å². The Hall–Kier alpha value is -2.12. The summed E-state index contributed by atoms with van der Waals surface area (Å²) in [5, 5.41) is 2.88. The van der Waals surface area contributed by atoms with Crippen molar-refractivity contribution < 1.29 is 14.3 Å². The normalized spacial score (nSPS) is 20.6. The summed E-state index contributed by atoms with van der Waals surface area (Å²) in [6.07, 6.45) is 3.51. The molecular formula is C21H32N4O3. The SMILES string of the molecule is C[C@H]1CCCCN1CC(=O)N(C)CC(=O)Nc1ccc(N2CCOCC2)cc1. The lowest BCUT2D eigenvalue weighted by Gasteiger charge is -2.33. The molecule has 1 N–H and O–H groups in total. The van der Waals surface area contributed by atoms with Gasteiger partial charge in [0.1, 0.15) is 0 Å². The zero-order valence-corrected chi connectivity index (χ0v) is 17.0. The Morgan fingerprint density at radius 1 is 1.14 bits per heavy atom. The van der Waals surface area contributed by atoms with Crippen molar-refractivity contribution >= 4 is 23.2 Å². The molecule has 7 nitrogen and oxygen atoms in total. The van der Waals surface area contributed by atoms with Crippen LogP contribution in [0.1, 0.15) is 26.2 Å². The van der Waals surface area contributed by atoms with E-state index in [2.05, 4.69) is 22.0 Å². The van der Waals surface area contributed by atoms with E-state index in [1.807, 2.05) is 24.3 Å². The number of nitrogens with one attached hydrogen (secondary N) is 1. The summed E-state index contributed by atoms with van der Waals surface area (Å²) in [6, 6.07) is 8.26. The lowest BCUT2D eigenvalue weighted by atomic mass is 10.0. The predicted molar refractivity (Wildman–Crippen MR) is 111 cm³/mol. The highest BCUT2D eigenvalue weighted by atomic mass is 16.5. The van der Waals surface area contributed by atoms with Crippen LogP contribution in [0.5, 0.6) is 0 Å². The number of benzene rings is 1. The third-order valence-corrected chi connectivity index (χ3v) is 5.61. The Morgan fingerprint density at radius 3 is 2.54 bits per heavy atom. The largest absolute Gasteiger partial charge is 0.378 e. The number of likely N-dealkylation sites (tertiary alicyclic amines) is 1. The summed E-state index contributed by atoms with van der Waals surface area (Å²) in [6.45, 7) is 6.83. The van der Waals surface area contributed by atoms with E-state index in [-0.39, 0.29) is 18.4 Å². The first-order valence-electron chi connectivity index (χ1n) is 10.2. The van der Waals surface area contributed by atoms with E-state index < -0.39 is 0 Å². The molecule has 0 bridgehead atoms. The van der Waals surface area contributed by atoms with Gasteiger partial charge in [-0.05, 0) is 50.6 Å². The van der Waals surface area contributed by atoms with Crippen molar-refractivity contribution in [2.75, 3.05) is 63.2 Å². The third-order valence-electron chi connectivity index (χ3n) is 5.61. The van der Waals surface area contributed by atoms with Gasteiger partial charge in [0.25, 0.3) is 0 Å². The second-order valence-corrected chi connectivity index (χ2v) is 7.76. The van der Waals surface area contributed by atoms with Crippen LogP contribution in [0.2, 0.25) is 0 Å². The fourth-order valence-electron chi connectivity index (χ4n) is 3.77. The van der Waals surface area contributed by atoms with Gasteiger partial charge >= 0.3 is 0 Å². The molecular weight excluding hydrogens is 356 g/mol. The van der Waals surface area contributed by atoms with Crippen LogP contribution in [-0.2, 0) is 14.3 Å². The number of hydrogen-bond donors (Lipinski definition) is 1. The maximum atomic E-state index is 12.5. The fraction of sp³-hybridized carbons (Fsp3) is 0.619. The number of anilines is 2. The number of rotatable bonds is 6. The first kappa shape index (κ1) is 20.6. The molecule has 1 aromatic carbocycles. The number of amides is 2. The second-order valence-electron chi connectivity index (χ2n) is 7.76. The van der Waals surface area contributed by atoms with Crippen LogP contribution in [0.3, 0.4) is 0 Å². The van der Waals surface area contributed by atoms with Gasteiger partial charge in [-0.3, -0.25) is 14.5 Å². The van der Waals surface area contributed by atoms with Crippen LogP contribution < -0.4 is 10.2 Å². The Kier molecular flexibility index (Phi) is 7.28. The van der Waals surface area contributed by atoms with E-state index >= 15 is 0 Å². The summed E-state index contributed by atoms with van der Waals surface area (Å²) < 4.78 is 5.37. The van der Waals surface area contributed by atoms with Gasteiger partial charge in [-0.15, -0.1) is 0 Å². The third kappa shape index (κ3) is 5.69. The lowest BCUT2D eigenvalue weighted by molar-refractivity contribution is -0.135. The molecule has 2 aliphatic rings. The minimum absolute atomic E-state index is 0.00781. The Morgan fingerprint density at radius 2 is 1.86 bits per heavy atom. The highest BCUT2D eigenvalue weighted by Crippen LogP contribution is 2.19. The first-order valence-corrected chi connectivity index (χ1v) is 10.2. The van der Waals surface area contributed by atoms with Gasteiger partial charge in [-0.1, -0.05) is 6.42 Å². The molecule has 0 aliphatic carbocycles. The minimum Gasteiger partial charge on any atom is -0.378 e. The van der Waals surface area contributed by atoms with Crippen LogP contribution in [0, 0.1) is 0 Å². The number of likely N-dealkylation sites (N-methyl/N-ethyl adjacent to an activating group) is 1. The molecule has 0 saturated carbocycles. The van der Waals surface area contributed by atoms with E-state index in [1.165, 1.54) is 11.3 Å². The number of carbonyl (C=O) groups excluding carboxylic acids is 2. The molecule has 0 spiro atoms. The Balaban J connectivity index is 1.45. The predicted octanol–water partition coefficient (Wildman–Crippen LogP) is 1.79. The number of ether oxygens (including phenoxy) is 1. The topological polar surface area (TPSA) is 65.1 Å². The summed E-state index contributed by atoms with van der Waals surface area (Å²) in [5.74, 6) is -0.187. The molecule has 2 amide bonds. The van der Waals surface area contributed by atoms with Crippen molar-refractivity contribution in [2.45, 2.75) is 32.2 Å². The fourth-order valence-corrected chi connectivity index (χ4v) is 3.77. The van der Waals surface area contributed by atoms with Gasteiger partial charge in [-0.2, -0.15) is 0 Å². The molecule has 2 heterocycles. The van der Waals surface area contributed by atoms with Gasteiger partial charge in [0.05, 0.1) is 26.3 Å². The average Bonchev–Trinajstić information content (AvgIpc) is 2.71. The quantitative estimate of drug-likeness (QED) is 0.805. The lowest BCUT2D eigenvalue weighted by Crippen LogP contribution is -2.46. The van der Waals surface area contributed by atoms with Crippen molar-refractivity contribution in [3.63, 3.8) is 0 Å². The van der Waals surface area contributed by atoms with Crippen molar-refractivity contribution in [2.24, 2.45) is 0 Å². The molecule has 3 rings (SSSR count). The Labute approximate surface area is 167 Å². The van der Waals surface area contributed by atoms with Crippen LogP contribution in [0.4, 0.5) is 11.4 Å². The van der Waals surface area contributed by atoms with Gasteiger partial charge in [0, 0.05) is 37.6 Å². The summed E-state index contributed by atoms with van der Waals surface area (Å²) in [7, 11) is 1.69. The molecule has 154 valence electrons. The van der Waals surface area contributed by atoms with Gasteiger partial charge in [-0.25, -0.2) is 0 Å². The number of carbonyl (C=O) groups is 2. The molecule has 2 fully saturated rings. The van der Waals surface area contributed by atoms with Crippen molar-refractivity contribution in [3.8, 4) is 0 Å². The minimum atomic E-state index is -0.179. The van der Waals surface area contributed by atoms with Crippen LogP contribution in [0.15, 0.2) is 24.3 Å². The molecule has 7 heteroatoms. The number of morpholine rings is 1. The molecule has 0 unspecified atom stereocenters. The van der Waals surface area contributed by atoms with Crippen LogP contribution in [-0.4, -0.2) is 80.6 Å². The first-order chi connectivity index (χ1) is 13.5. The standard InChI is InChI=1S/C21H32N4O3/c1-17-5-3-4-10-25(17)16-21(27)23(2)15-20(26)22-18-6-8-19(9-7-18)24-11-13-28-14-12-24/h6-9,17H,3-5,10-16H2,1-2H3,(H,22,26)/t17-/m0/s1. The van der Waals surface area contributed by atoms with E-state index in [4.69, 9.17) is 4.74 Å². The number of nitrogens with zero attached hydrogens (tertiary/aromatic N) is 3. The highest BCUT2D eigenvalue weighted by Gasteiger charge is 2.23. The number of piperidine rings is 1. The highest BCUT2D eigenvalue weighted by molar-refractivity contribution is 5.94. The maximum absolute atomic E-state index is 12.5. The molecule has 2 aliphatic heterocycles. The maximum Gasteiger partial charge on any atom is 0.243 e. The van der Waals surface area contributed by atoms with Crippen LogP contribution >= 0.6 is 0 Å². The summed E-state index contributed by atoms with van der Waals surface area (Å²) in [5.41, 5.74) is 1.87. The van der Waals surface area contributed by atoms with Crippen LogP contribution in [0.25, 0.3) is 0 Å². The molecule has 1 atom stereocenters. The van der Waals surface area contributed by atoms with E-state index in [0.717, 1.165) is 57.1 Å². The molecule has 2 saturated heterocycles. The molecule has 1 aromatic rings. The summed E-state index contributed by atoms with van der Waals surface area (Å²) in [4.78, 5) is 30.8. The monoisotopic (exact) mass is 388 g/mol. The van der Waals surface area contributed by atoms with E-state index in [0.29, 0.717) is 12.6 Å². The van der Waals surface area contributed by atoms with Gasteiger partial charge in [0.2, 0.25) is 11.8 Å². The van der Waals surface area contributed by atoms with Crippen molar-refractivity contribution in [3.05, 3.63) is 24.3 Å². The molecule has 28 heavy (non-hydrogen) atoms. The molecule has 0 aromatic heterocycles. The van der Waals surface area contributed by atoms with Gasteiger partial charge in [0.15, 0.2) is 0 Å². The van der Waals surface area contributed by atoms with E-state index in [1.54, 1.807) is 7.05 Å². The molecule has 0 radical (unpaired) electrons. The zero-order chi connectivity index (χ0) is 19.9. The average molecular weight is 389 g/mol.